The van der Waals surface area contributed by atoms with Crippen LogP contribution in [0.2, 0.25) is 0 Å². The third kappa shape index (κ3) is 3.19. The minimum absolute atomic E-state index is 0.189. The van der Waals surface area contributed by atoms with E-state index in [0.717, 1.165) is 12.1 Å². The van der Waals surface area contributed by atoms with E-state index in [1.807, 2.05) is 0 Å². The second kappa shape index (κ2) is 6.08. The number of hydrogen-bond donors (Lipinski definition) is 1. The Labute approximate surface area is 120 Å². The van der Waals surface area contributed by atoms with E-state index in [1.165, 1.54) is 20.3 Å². The van der Waals surface area contributed by atoms with Crippen molar-refractivity contribution in [3.8, 4) is 11.5 Å². The fourth-order valence-corrected chi connectivity index (χ4v) is 1.83. The molecule has 0 heterocycles. The van der Waals surface area contributed by atoms with Crippen molar-refractivity contribution < 1.29 is 18.8 Å². The van der Waals surface area contributed by atoms with Gasteiger partial charge in [-0.1, -0.05) is 0 Å². The largest absolute Gasteiger partial charge is 0.493 e. The van der Waals surface area contributed by atoms with Crippen LogP contribution in [0.1, 0.15) is 0 Å². The lowest BCUT2D eigenvalue weighted by molar-refractivity contribution is -0.384. The zero-order valence-electron chi connectivity index (χ0n) is 11.4. The Hall–Kier alpha value is -2.83. The predicted molar refractivity (Wildman–Crippen MR) is 75.9 cm³/mol. The summed E-state index contributed by atoms with van der Waals surface area (Å²) in [5, 5.41) is 13.8. The number of rotatable bonds is 5. The Bertz CT molecular complexity index is 676. The number of halogens is 1. The molecule has 2 aromatic rings. The molecule has 0 fully saturated rings. The number of methoxy groups -OCH3 is 2. The molecule has 0 radical (unpaired) electrons. The summed E-state index contributed by atoms with van der Waals surface area (Å²) >= 11 is 0. The van der Waals surface area contributed by atoms with Crippen LogP contribution >= 0.6 is 0 Å². The number of nitro groups is 1. The molecule has 0 unspecified atom stereocenters. The van der Waals surface area contributed by atoms with Crippen LogP contribution in [0.25, 0.3) is 0 Å². The van der Waals surface area contributed by atoms with Gasteiger partial charge in [-0.15, -0.1) is 0 Å². The van der Waals surface area contributed by atoms with Crippen LogP contribution in [0, 0.1) is 15.9 Å². The van der Waals surface area contributed by atoms with Crippen molar-refractivity contribution in [1.82, 2.24) is 0 Å². The predicted octanol–water partition coefficient (Wildman–Crippen LogP) is 3.49. The van der Waals surface area contributed by atoms with E-state index in [1.54, 1.807) is 18.2 Å². The molecule has 0 bridgehead atoms. The van der Waals surface area contributed by atoms with E-state index in [2.05, 4.69) is 5.32 Å². The van der Waals surface area contributed by atoms with Crippen LogP contribution in [-0.4, -0.2) is 19.1 Å². The highest BCUT2D eigenvalue weighted by molar-refractivity contribution is 5.71. The highest BCUT2D eigenvalue weighted by Gasteiger charge is 2.15. The quantitative estimate of drug-likeness (QED) is 0.674. The number of nitrogens with zero attached hydrogens (tertiary/aromatic N) is 1. The minimum Gasteiger partial charge on any atom is -0.493 e. The van der Waals surface area contributed by atoms with Crippen LogP contribution in [0.15, 0.2) is 36.4 Å². The number of ether oxygens (including phenoxy) is 2. The Morgan fingerprint density at radius 2 is 1.81 bits per heavy atom. The molecule has 2 rings (SSSR count). The highest BCUT2D eigenvalue weighted by Crippen LogP contribution is 2.33. The molecular weight excluding hydrogens is 279 g/mol. The van der Waals surface area contributed by atoms with Crippen molar-refractivity contribution in [2.24, 2.45) is 0 Å². The van der Waals surface area contributed by atoms with Crippen molar-refractivity contribution in [3.05, 3.63) is 52.3 Å². The van der Waals surface area contributed by atoms with E-state index >= 15 is 0 Å². The molecule has 0 saturated carbocycles. The number of nitrogens with one attached hydrogen (secondary N) is 1. The minimum atomic E-state index is -0.667. The SMILES string of the molecule is COc1ccc(Nc2ccc(F)cc2[N+](=O)[O-])cc1OC. The molecular formula is C14H13FN2O4. The highest BCUT2D eigenvalue weighted by atomic mass is 19.1. The first-order valence-corrected chi connectivity index (χ1v) is 5.98. The van der Waals surface area contributed by atoms with Gasteiger partial charge in [0, 0.05) is 11.8 Å². The Kier molecular flexibility index (Phi) is 4.22. The van der Waals surface area contributed by atoms with Gasteiger partial charge in [-0.2, -0.15) is 0 Å². The summed E-state index contributed by atoms with van der Waals surface area (Å²) in [7, 11) is 3.00. The van der Waals surface area contributed by atoms with Gasteiger partial charge in [-0.25, -0.2) is 4.39 Å². The lowest BCUT2D eigenvalue weighted by Crippen LogP contribution is -1.98. The van der Waals surface area contributed by atoms with Gasteiger partial charge in [0.2, 0.25) is 0 Å². The molecule has 0 saturated heterocycles. The summed E-state index contributed by atoms with van der Waals surface area (Å²) in [5.74, 6) is 0.350. The van der Waals surface area contributed by atoms with E-state index in [9.17, 15) is 14.5 Å². The summed E-state index contributed by atoms with van der Waals surface area (Å²) in [6, 6.07) is 8.29. The average Bonchev–Trinajstić information content (AvgIpc) is 2.48. The first-order valence-electron chi connectivity index (χ1n) is 5.98. The molecule has 0 amide bonds. The molecule has 21 heavy (non-hydrogen) atoms. The van der Waals surface area contributed by atoms with Gasteiger partial charge in [0.1, 0.15) is 11.5 Å². The third-order valence-electron chi connectivity index (χ3n) is 2.82. The fraction of sp³-hybridized carbons (Fsp3) is 0.143. The lowest BCUT2D eigenvalue weighted by Gasteiger charge is -2.11. The topological polar surface area (TPSA) is 73.6 Å². The van der Waals surface area contributed by atoms with Crippen LogP contribution in [-0.2, 0) is 0 Å². The Morgan fingerprint density at radius 1 is 1.10 bits per heavy atom. The van der Waals surface area contributed by atoms with E-state index in [4.69, 9.17) is 9.47 Å². The first kappa shape index (κ1) is 14.6. The van der Waals surface area contributed by atoms with Crippen molar-refractivity contribution >= 4 is 17.1 Å². The van der Waals surface area contributed by atoms with Gasteiger partial charge in [-0.3, -0.25) is 10.1 Å². The summed E-state index contributed by atoms with van der Waals surface area (Å²) in [6.45, 7) is 0. The number of benzene rings is 2. The van der Waals surface area contributed by atoms with Gasteiger partial charge < -0.3 is 14.8 Å². The number of hydrogen-bond acceptors (Lipinski definition) is 5. The number of nitro benzene ring substituents is 1. The smallest absolute Gasteiger partial charge is 0.295 e. The normalized spacial score (nSPS) is 10.0. The van der Waals surface area contributed by atoms with Gasteiger partial charge in [0.25, 0.3) is 5.69 Å². The summed E-state index contributed by atoms with van der Waals surface area (Å²) < 4.78 is 23.4. The molecule has 0 atom stereocenters. The zero-order chi connectivity index (χ0) is 15.4. The molecule has 0 aliphatic heterocycles. The van der Waals surface area contributed by atoms with E-state index in [0.29, 0.717) is 17.2 Å². The first-order chi connectivity index (χ1) is 10.0. The molecule has 0 aliphatic carbocycles. The molecule has 6 nitrogen and oxygen atoms in total. The molecule has 0 spiro atoms. The molecule has 1 N–H and O–H groups in total. The maximum Gasteiger partial charge on any atom is 0.295 e. The number of anilines is 2. The van der Waals surface area contributed by atoms with E-state index < -0.39 is 10.7 Å². The zero-order valence-corrected chi connectivity index (χ0v) is 11.4. The van der Waals surface area contributed by atoms with Gasteiger partial charge in [0.15, 0.2) is 11.5 Å². The molecule has 2 aromatic carbocycles. The van der Waals surface area contributed by atoms with Crippen molar-refractivity contribution in [1.29, 1.82) is 0 Å². The maximum atomic E-state index is 13.1. The fourth-order valence-electron chi connectivity index (χ4n) is 1.83. The lowest BCUT2D eigenvalue weighted by atomic mass is 10.2. The molecule has 110 valence electrons. The van der Waals surface area contributed by atoms with Crippen LogP contribution < -0.4 is 14.8 Å². The molecule has 0 aliphatic rings. The van der Waals surface area contributed by atoms with Gasteiger partial charge in [-0.05, 0) is 24.3 Å². The van der Waals surface area contributed by atoms with Crippen LogP contribution in [0.5, 0.6) is 11.5 Å². The van der Waals surface area contributed by atoms with Crippen molar-refractivity contribution in [2.75, 3.05) is 19.5 Å². The molecule has 0 aromatic heterocycles. The Balaban J connectivity index is 2.36. The second-order valence-electron chi connectivity index (χ2n) is 4.11. The van der Waals surface area contributed by atoms with Crippen molar-refractivity contribution in [2.45, 2.75) is 0 Å². The second-order valence-corrected chi connectivity index (χ2v) is 4.11. The van der Waals surface area contributed by atoms with Crippen LogP contribution in [0.3, 0.4) is 0 Å². The maximum absolute atomic E-state index is 13.1. The Morgan fingerprint density at radius 3 is 2.43 bits per heavy atom. The van der Waals surface area contributed by atoms with Crippen LogP contribution in [0.4, 0.5) is 21.5 Å². The standard InChI is InChI=1S/C14H13FN2O4/c1-20-13-6-4-10(8-14(13)21-2)16-11-5-3-9(15)7-12(11)17(18)19/h3-8,16H,1-2H3. The van der Waals surface area contributed by atoms with Gasteiger partial charge in [0.05, 0.1) is 25.2 Å². The van der Waals surface area contributed by atoms with Crippen molar-refractivity contribution in [3.63, 3.8) is 0 Å². The molecule has 7 heteroatoms. The monoisotopic (exact) mass is 292 g/mol. The summed E-state index contributed by atoms with van der Waals surface area (Å²) in [4.78, 5) is 10.3. The average molecular weight is 292 g/mol. The summed E-state index contributed by atoms with van der Waals surface area (Å²) in [5.41, 5.74) is 0.403. The van der Waals surface area contributed by atoms with E-state index in [-0.39, 0.29) is 11.4 Å². The van der Waals surface area contributed by atoms with Gasteiger partial charge >= 0.3 is 0 Å². The summed E-state index contributed by atoms with van der Waals surface area (Å²) in [6.07, 6.45) is 0. The third-order valence-corrected chi connectivity index (χ3v) is 2.82.